The second kappa shape index (κ2) is 6.31. The lowest BCUT2D eigenvalue weighted by Crippen LogP contribution is -2.36. The van der Waals surface area contributed by atoms with E-state index in [4.69, 9.17) is 5.73 Å². The third-order valence-electron chi connectivity index (χ3n) is 3.27. The Morgan fingerprint density at radius 1 is 1.55 bits per heavy atom. The summed E-state index contributed by atoms with van der Waals surface area (Å²) in [6.07, 6.45) is 1.62. The van der Waals surface area contributed by atoms with Gasteiger partial charge in [-0.05, 0) is 19.4 Å². The summed E-state index contributed by atoms with van der Waals surface area (Å²) in [5.74, 6) is -1.50. The summed E-state index contributed by atoms with van der Waals surface area (Å²) in [6, 6.07) is 1.74. The van der Waals surface area contributed by atoms with Crippen LogP contribution in [0.25, 0.3) is 0 Å². The number of nitro benzene ring substituents is 1. The number of hydrogen-bond acceptors (Lipinski definition) is 4. The number of nitro groups is 1. The summed E-state index contributed by atoms with van der Waals surface area (Å²) in [5.41, 5.74) is 4.23. The Kier molecular flexibility index (Phi) is 5.01. The Bertz CT molecular complexity index is 534. The highest BCUT2D eigenvalue weighted by Crippen LogP contribution is 2.28. The fraction of sp³-hybridized carbons (Fsp3) is 0.462. The predicted octanol–water partition coefficient (Wildman–Crippen LogP) is 2.58. The van der Waals surface area contributed by atoms with Gasteiger partial charge >= 0.3 is 0 Å². The van der Waals surface area contributed by atoms with Crippen LogP contribution in [0.3, 0.4) is 0 Å². The number of halogens is 1. The van der Waals surface area contributed by atoms with Gasteiger partial charge in [-0.1, -0.05) is 13.3 Å². The molecule has 0 fully saturated rings. The number of carbonyl (C=O) groups is 1. The molecule has 110 valence electrons. The van der Waals surface area contributed by atoms with Gasteiger partial charge in [-0.25, -0.2) is 4.39 Å². The Balaban J connectivity index is 3.22. The number of carbonyl (C=O) groups excluding carboxylic acids is 1. The molecule has 0 heterocycles. The lowest BCUT2D eigenvalue weighted by Gasteiger charge is -2.25. The summed E-state index contributed by atoms with van der Waals surface area (Å²) in [5, 5.41) is 10.8. The maximum atomic E-state index is 13.8. The van der Waals surface area contributed by atoms with Crippen molar-refractivity contribution in [1.29, 1.82) is 0 Å². The smallest absolute Gasteiger partial charge is 0.293 e. The van der Waals surface area contributed by atoms with Crippen molar-refractivity contribution in [3.05, 3.63) is 33.6 Å². The molecule has 1 amide bonds. The lowest BCUT2D eigenvalue weighted by atomic mass is 10.1. The molecule has 0 aliphatic heterocycles. The molecule has 0 saturated carbocycles. The van der Waals surface area contributed by atoms with Crippen molar-refractivity contribution in [2.75, 3.05) is 12.8 Å². The van der Waals surface area contributed by atoms with Gasteiger partial charge in [0.05, 0.1) is 4.92 Å². The molecule has 0 saturated heterocycles. The summed E-state index contributed by atoms with van der Waals surface area (Å²) in [7, 11) is 1.53. The third-order valence-corrected chi connectivity index (χ3v) is 3.27. The van der Waals surface area contributed by atoms with Crippen LogP contribution in [0.4, 0.5) is 15.8 Å². The minimum atomic E-state index is -0.853. The van der Waals surface area contributed by atoms with Gasteiger partial charge in [0.25, 0.3) is 11.6 Å². The van der Waals surface area contributed by atoms with E-state index in [2.05, 4.69) is 0 Å². The van der Waals surface area contributed by atoms with Gasteiger partial charge < -0.3 is 10.6 Å². The monoisotopic (exact) mass is 283 g/mol. The molecule has 0 aliphatic carbocycles. The van der Waals surface area contributed by atoms with E-state index in [9.17, 15) is 19.3 Å². The summed E-state index contributed by atoms with van der Waals surface area (Å²) in [4.78, 5) is 23.7. The van der Waals surface area contributed by atoms with Gasteiger partial charge in [0.1, 0.15) is 17.1 Å². The minimum absolute atomic E-state index is 0.106. The maximum absolute atomic E-state index is 13.8. The quantitative estimate of drug-likeness (QED) is 0.511. The topological polar surface area (TPSA) is 89.5 Å². The molecule has 20 heavy (non-hydrogen) atoms. The molecule has 0 aliphatic rings. The fourth-order valence-corrected chi connectivity index (χ4v) is 1.95. The summed E-state index contributed by atoms with van der Waals surface area (Å²) >= 11 is 0. The molecule has 0 radical (unpaired) electrons. The summed E-state index contributed by atoms with van der Waals surface area (Å²) in [6.45, 7) is 3.80. The number of hydrogen-bond donors (Lipinski definition) is 1. The molecule has 1 unspecified atom stereocenters. The lowest BCUT2D eigenvalue weighted by molar-refractivity contribution is -0.384. The molecule has 0 bridgehead atoms. The molecule has 6 nitrogen and oxygen atoms in total. The maximum Gasteiger partial charge on any atom is 0.293 e. The summed E-state index contributed by atoms with van der Waals surface area (Å²) < 4.78 is 13.8. The normalized spacial score (nSPS) is 12.0. The SMILES string of the molecule is CCCC(C)N(C)C(=O)c1c(F)ccc([N+](=O)[O-])c1N. The van der Waals surface area contributed by atoms with Crippen LogP contribution in [0.1, 0.15) is 37.0 Å². The highest BCUT2D eigenvalue weighted by atomic mass is 19.1. The van der Waals surface area contributed by atoms with E-state index in [1.165, 1.54) is 11.9 Å². The molecule has 1 rings (SSSR count). The first-order valence-electron chi connectivity index (χ1n) is 6.30. The number of benzene rings is 1. The molecule has 2 N–H and O–H groups in total. The zero-order valence-electron chi connectivity index (χ0n) is 11.7. The van der Waals surface area contributed by atoms with Gasteiger partial charge in [0.15, 0.2) is 0 Å². The van der Waals surface area contributed by atoms with E-state index in [0.717, 1.165) is 25.0 Å². The van der Waals surface area contributed by atoms with E-state index in [0.29, 0.717) is 0 Å². The number of amides is 1. The van der Waals surface area contributed by atoms with Crippen molar-refractivity contribution in [1.82, 2.24) is 4.90 Å². The first-order valence-corrected chi connectivity index (χ1v) is 6.30. The van der Waals surface area contributed by atoms with Crippen LogP contribution in [0.5, 0.6) is 0 Å². The van der Waals surface area contributed by atoms with E-state index < -0.39 is 33.6 Å². The Morgan fingerprint density at radius 3 is 2.65 bits per heavy atom. The molecule has 0 spiro atoms. The van der Waals surface area contributed by atoms with E-state index in [1.807, 2.05) is 13.8 Å². The first kappa shape index (κ1) is 15.9. The molecule has 1 atom stereocenters. The number of nitrogens with two attached hydrogens (primary N) is 1. The molecule has 0 aromatic heterocycles. The van der Waals surface area contributed by atoms with Crippen LogP contribution in [0, 0.1) is 15.9 Å². The van der Waals surface area contributed by atoms with Crippen molar-refractivity contribution in [2.24, 2.45) is 0 Å². The van der Waals surface area contributed by atoms with Crippen molar-refractivity contribution in [3.8, 4) is 0 Å². The second-order valence-electron chi connectivity index (χ2n) is 4.67. The van der Waals surface area contributed by atoms with E-state index in [1.54, 1.807) is 0 Å². The van der Waals surface area contributed by atoms with Crippen LogP contribution < -0.4 is 5.73 Å². The minimum Gasteiger partial charge on any atom is -0.392 e. The van der Waals surface area contributed by atoms with Crippen molar-refractivity contribution >= 4 is 17.3 Å². The third kappa shape index (κ3) is 3.04. The van der Waals surface area contributed by atoms with Crippen LogP contribution in [0.15, 0.2) is 12.1 Å². The molecular weight excluding hydrogens is 265 g/mol. The van der Waals surface area contributed by atoms with E-state index in [-0.39, 0.29) is 6.04 Å². The van der Waals surface area contributed by atoms with Gasteiger partial charge in [-0.2, -0.15) is 0 Å². The van der Waals surface area contributed by atoms with E-state index >= 15 is 0 Å². The second-order valence-corrected chi connectivity index (χ2v) is 4.67. The largest absolute Gasteiger partial charge is 0.392 e. The zero-order chi connectivity index (χ0) is 15.4. The highest BCUT2D eigenvalue weighted by Gasteiger charge is 2.27. The van der Waals surface area contributed by atoms with Crippen LogP contribution >= 0.6 is 0 Å². The van der Waals surface area contributed by atoms with Crippen molar-refractivity contribution in [2.45, 2.75) is 32.7 Å². The number of nitrogens with zero attached hydrogens (tertiary/aromatic N) is 2. The average molecular weight is 283 g/mol. The van der Waals surface area contributed by atoms with Crippen LogP contribution in [-0.4, -0.2) is 28.8 Å². The van der Waals surface area contributed by atoms with Gasteiger partial charge in [0.2, 0.25) is 0 Å². The zero-order valence-corrected chi connectivity index (χ0v) is 11.7. The number of anilines is 1. The fourth-order valence-electron chi connectivity index (χ4n) is 1.95. The predicted molar refractivity (Wildman–Crippen MR) is 73.9 cm³/mol. The molecule has 7 heteroatoms. The van der Waals surface area contributed by atoms with Crippen LogP contribution in [0.2, 0.25) is 0 Å². The van der Waals surface area contributed by atoms with Gasteiger partial charge in [-0.3, -0.25) is 14.9 Å². The average Bonchev–Trinajstić information content (AvgIpc) is 2.37. The Hall–Kier alpha value is -2.18. The van der Waals surface area contributed by atoms with Gasteiger partial charge in [0, 0.05) is 19.2 Å². The van der Waals surface area contributed by atoms with Crippen molar-refractivity contribution < 1.29 is 14.1 Å². The highest BCUT2D eigenvalue weighted by molar-refractivity contribution is 6.01. The standard InChI is InChI=1S/C13H18FN3O3/c1-4-5-8(2)16(3)13(18)11-9(14)6-7-10(12(11)15)17(19)20/h6-8H,4-5,15H2,1-3H3. The van der Waals surface area contributed by atoms with Gasteiger partial charge in [-0.15, -0.1) is 0 Å². The Labute approximate surface area is 116 Å². The first-order chi connectivity index (χ1) is 9.31. The van der Waals surface area contributed by atoms with Crippen molar-refractivity contribution in [3.63, 3.8) is 0 Å². The number of nitrogen functional groups attached to an aromatic ring is 1. The molecule has 1 aromatic carbocycles. The van der Waals surface area contributed by atoms with Crippen LogP contribution in [-0.2, 0) is 0 Å². The molecular formula is C13H18FN3O3. The Morgan fingerprint density at radius 2 is 2.15 bits per heavy atom. The molecule has 1 aromatic rings. The number of rotatable bonds is 5.